The molecule has 0 aromatic heterocycles. The second-order valence-corrected chi connectivity index (χ2v) is 6.01. The van der Waals surface area contributed by atoms with Gasteiger partial charge in [-0.2, -0.15) is 0 Å². The van der Waals surface area contributed by atoms with Gasteiger partial charge >= 0.3 is 0 Å². The zero-order valence-corrected chi connectivity index (χ0v) is 11.5. The molecule has 4 nitrogen and oxygen atoms in total. The fourth-order valence-corrected chi connectivity index (χ4v) is 3.55. The van der Waals surface area contributed by atoms with Crippen LogP contribution in [0.1, 0.15) is 38.5 Å². The van der Waals surface area contributed by atoms with Crippen molar-refractivity contribution in [3.8, 4) is 0 Å². The first-order chi connectivity index (χ1) is 9.92. The second-order valence-electron chi connectivity index (χ2n) is 6.01. The number of anilines is 2. The Balaban J connectivity index is 1.97. The Morgan fingerprint density at radius 3 is 2.14 bits per heavy atom. The number of rotatable bonds is 1. The molecule has 21 heavy (non-hydrogen) atoms. The summed E-state index contributed by atoms with van der Waals surface area (Å²) in [6.07, 6.45) is 4.14. The summed E-state index contributed by atoms with van der Waals surface area (Å²) in [5.41, 5.74) is 4.77. The van der Waals surface area contributed by atoms with Crippen LogP contribution in [0.25, 0.3) is 0 Å². The number of benzene rings is 1. The monoisotopic (exact) mass is 294 g/mol. The van der Waals surface area contributed by atoms with E-state index in [0.717, 1.165) is 36.6 Å². The largest absolute Gasteiger partial charge is 0.397 e. The van der Waals surface area contributed by atoms with Crippen LogP contribution in [0.4, 0.5) is 20.2 Å². The van der Waals surface area contributed by atoms with Gasteiger partial charge in [0.1, 0.15) is 11.5 Å². The Morgan fingerprint density at radius 2 is 1.62 bits per heavy atom. The minimum Gasteiger partial charge on any atom is -0.397 e. The van der Waals surface area contributed by atoms with E-state index in [1.807, 2.05) is 0 Å². The smallest absolute Gasteiger partial charge is 0.234 e. The number of piperidine rings is 1. The normalized spacial score (nSPS) is 21.3. The van der Waals surface area contributed by atoms with E-state index in [1.165, 1.54) is 0 Å². The van der Waals surface area contributed by atoms with Crippen molar-refractivity contribution in [2.24, 2.45) is 5.41 Å². The highest BCUT2D eigenvalue weighted by molar-refractivity contribution is 6.18. The molecular weight excluding hydrogens is 278 g/mol. The third kappa shape index (κ3) is 2.28. The molecule has 1 spiro atoms. The number of imide groups is 1. The summed E-state index contributed by atoms with van der Waals surface area (Å²) in [4.78, 5) is 25.5. The molecule has 6 heteroatoms. The first-order valence-corrected chi connectivity index (χ1v) is 7.02. The van der Waals surface area contributed by atoms with Crippen LogP contribution < -0.4 is 10.6 Å². The van der Waals surface area contributed by atoms with Crippen molar-refractivity contribution in [3.63, 3.8) is 0 Å². The standard InChI is InChI=1S/C15H16F2N2O2/c16-9-5-10(17)14(11(18)6-9)19-12(20)7-15(8-13(19)21)3-1-2-4-15/h5-6H,1-4,7-8,18H2. The van der Waals surface area contributed by atoms with Gasteiger partial charge in [0.15, 0.2) is 5.82 Å². The second kappa shape index (κ2) is 4.79. The molecule has 0 unspecified atom stereocenters. The van der Waals surface area contributed by atoms with Crippen molar-refractivity contribution >= 4 is 23.2 Å². The van der Waals surface area contributed by atoms with E-state index in [0.29, 0.717) is 6.07 Å². The van der Waals surface area contributed by atoms with Crippen molar-refractivity contribution in [3.05, 3.63) is 23.8 Å². The van der Waals surface area contributed by atoms with Crippen LogP contribution in [0.2, 0.25) is 0 Å². The molecule has 1 aromatic carbocycles. The molecule has 1 heterocycles. The Morgan fingerprint density at radius 1 is 1.05 bits per heavy atom. The molecule has 3 rings (SSSR count). The van der Waals surface area contributed by atoms with Gasteiger partial charge in [-0.3, -0.25) is 9.59 Å². The maximum absolute atomic E-state index is 13.9. The van der Waals surface area contributed by atoms with Gasteiger partial charge in [-0.25, -0.2) is 13.7 Å². The number of nitrogens with two attached hydrogens (primary N) is 1. The van der Waals surface area contributed by atoms with Crippen molar-refractivity contribution < 1.29 is 18.4 Å². The van der Waals surface area contributed by atoms with E-state index in [-0.39, 0.29) is 29.6 Å². The molecule has 1 saturated heterocycles. The Kier molecular flexibility index (Phi) is 3.19. The lowest BCUT2D eigenvalue weighted by Gasteiger charge is -2.37. The molecule has 2 amide bonds. The molecule has 0 atom stereocenters. The molecule has 1 aliphatic carbocycles. The zero-order chi connectivity index (χ0) is 15.2. The fourth-order valence-electron chi connectivity index (χ4n) is 3.55. The summed E-state index contributed by atoms with van der Waals surface area (Å²) in [6, 6.07) is 1.55. The number of carbonyl (C=O) groups is 2. The zero-order valence-electron chi connectivity index (χ0n) is 11.5. The lowest BCUT2D eigenvalue weighted by atomic mass is 9.76. The SMILES string of the molecule is Nc1cc(F)cc(F)c1N1C(=O)CC2(CCCC2)CC1=O. The van der Waals surface area contributed by atoms with Crippen molar-refractivity contribution in [1.82, 2.24) is 0 Å². The third-order valence-corrected chi connectivity index (χ3v) is 4.50. The van der Waals surface area contributed by atoms with Gasteiger partial charge < -0.3 is 5.73 Å². The summed E-state index contributed by atoms with van der Waals surface area (Å²) < 4.78 is 27.0. The minimum absolute atomic E-state index is 0.217. The van der Waals surface area contributed by atoms with Gasteiger partial charge in [0, 0.05) is 18.9 Å². The molecule has 0 radical (unpaired) electrons. The number of hydrogen-bond acceptors (Lipinski definition) is 3. The molecule has 2 N–H and O–H groups in total. The third-order valence-electron chi connectivity index (χ3n) is 4.50. The molecule has 112 valence electrons. The summed E-state index contributed by atoms with van der Waals surface area (Å²) in [7, 11) is 0. The molecule has 1 aromatic rings. The number of carbonyl (C=O) groups excluding carboxylic acids is 2. The number of halogens is 2. The van der Waals surface area contributed by atoms with E-state index in [4.69, 9.17) is 5.73 Å². The Labute approximate surface area is 120 Å². The highest BCUT2D eigenvalue weighted by atomic mass is 19.1. The van der Waals surface area contributed by atoms with Gasteiger partial charge in [-0.05, 0) is 24.3 Å². The van der Waals surface area contributed by atoms with Gasteiger partial charge in [-0.1, -0.05) is 12.8 Å². The predicted molar refractivity (Wildman–Crippen MR) is 73.4 cm³/mol. The molecule has 0 bridgehead atoms. The van der Waals surface area contributed by atoms with Gasteiger partial charge in [0.05, 0.1) is 5.69 Å². The van der Waals surface area contributed by atoms with Crippen LogP contribution in [0, 0.1) is 17.0 Å². The van der Waals surface area contributed by atoms with E-state index < -0.39 is 23.4 Å². The summed E-state index contributed by atoms with van der Waals surface area (Å²) >= 11 is 0. The van der Waals surface area contributed by atoms with Crippen LogP contribution in [-0.2, 0) is 9.59 Å². The Bertz CT molecular complexity index is 581. The predicted octanol–water partition coefficient (Wildman–Crippen LogP) is 2.76. The summed E-state index contributed by atoms with van der Waals surface area (Å²) in [5.74, 6) is -2.73. The van der Waals surface area contributed by atoms with Crippen molar-refractivity contribution in [2.75, 3.05) is 10.6 Å². The van der Waals surface area contributed by atoms with Crippen molar-refractivity contribution in [1.29, 1.82) is 0 Å². The van der Waals surface area contributed by atoms with Crippen molar-refractivity contribution in [2.45, 2.75) is 38.5 Å². The first kappa shape index (κ1) is 14.0. The molecule has 2 aliphatic rings. The topological polar surface area (TPSA) is 63.4 Å². The maximum atomic E-state index is 13.9. The lowest BCUT2D eigenvalue weighted by Crippen LogP contribution is -2.48. The van der Waals surface area contributed by atoms with Crippen LogP contribution in [0.5, 0.6) is 0 Å². The Hall–Kier alpha value is -1.98. The average Bonchev–Trinajstić information content (AvgIpc) is 2.79. The quantitative estimate of drug-likeness (QED) is 0.640. The summed E-state index contributed by atoms with van der Waals surface area (Å²) in [6.45, 7) is 0. The van der Waals surface area contributed by atoms with E-state index in [1.54, 1.807) is 0 Å². The van der Waals surface area contributed by atoms with Gasteiger partial charge in [-0.15, -0.1) is 0 Å². The molecule has 1 saturated carbocycles. The van der Waals surface area contributed by atoms with E-state index >= 15 is 0 Å². The highest BCUT2D eigenvalue weighted by Crippen LogP contribution is 2.48. The number of amides is 2. The molecule has 1 aliphatic heterocycles. The molecular formula is C15H16F2N2O2. The average molecular weight is 294 g/mol. The lowest BCUT2D eigenvalue weighted by molar-refractivity contribution is -0.133. The van der Waals surface area contributed by atoms with Crippen LogP contribution >= 0.6 is 0 Å². The fraction of sp³-hybridized carbons (Fsp3) is 0.467. The summed E-state index contributed by atoms with van der Waals surface area (Å²) in [5, 5.41) is 0. The van der Waals surface area contributed by atoms with Gasteiger partial charge in [0.25, 0.3) is 0 Å². The van der Waals surface area contributed by atoms with E-state index in [2.05, 4.69) is 0 Å². The molecule has 2 fully saturated rings. The first-order valence-electron chi connectivity index (χ1n) is 7.02. The minimum atomic E-state index is -0.989. The van der Waals surface area contributed by atoms with Gasteiger partial charge in [0.2, 0.25) is 11.8 Å². The van der Waals surface area contributed by atoms with Crippen LogP contribution in [-0.4, -0.2) is 11.8 Å². The van der Waals surface area contributed by atoms with Crippen LogP contribution in [0.15, 0.2) is 12.1 Å². The number of hydrogen-bond donors (Lipinski definition) is 1. The highest BCUT2D eigenvalue weighted by Gasteiger charge is 2.46. The maximum Gasteiger partial charge on any atom is 0.234 e. The van der Waals surface area contributed by atoms with E-state index in [9.17, 15) is 18.4 Å². The number of nitrogens with zero attached hydrogens (tertiary/aromatic N) is 1. The number of nitrogen functional groups attached to an aromatic ring is 1. The van der Waals surface area contributed by atoms with Crippen LogP contribution in [0.3, 0.4) is 0 Å².